The van der Waals surface area contributed by atoms with E-state index >= 15 is 0 Å². The van der Waals surface area contributed by atoms with Crippen molar-refractivity contribution in [1.82, 2.24) is 4.90 Å². The van der Waals surface area contributed by atoms with Crippen LogP contribution in [0.3, 0.4) is 0 Å². The van der Waals surface area contributed by atoms with E-state index in [0.29, 0.717) is 13.0 Å². The molecule has 1 unspecified atom stereocenters. The van der Waals surface area contributed by atoms with Gasteiger partial charge >= 0.3 is 0 Å². The number of piperazine rings is 1. The van der Waals surface area contributed by atoms with Crippen LogP contribution in [0.4, 0.5) is 11.4 Å². The number of rotatable bonds is 8. The van der Waals surface area contributed by atoms with Crippen molar-refractivity contribution in [2.75, 3.05) is 56.7 Å². The number of methoxy groups -OCH3 is 1. The van der Waals surface area contributed by atoms with Crippen molar-refractivity contribution in [3.63, 3.8) is 0 Å². The van der Waals surface area contributed by atoms with Gasteiger partial charge < -0.3 is 19.7 Å². The average Bonchev–Trinajstić information content (AvgIpc) is 2.91. The molecule has 6 nitrogen and oxygen atoms in total. The Hall–Kier alpha value is -3.51. The largest absolute Gasteiger partial charge is 0.495 e. The molecule has 5 rings (SSSR count). The standard InChI is InChI=1S/C29H33N3O3/c1-34-28-11-6-5-10-27(28)32-17-15-31(16-18-32)14-7-19-35-23-12-13-24-25(22-8-3-2-4-9-22)21-29(33)30-26(24)20-23/h2-6,8-13,20,25H,7,14-19,21H2,1H3,(H,30,33). The van der Waals surface area contributed by atoms with E-state index in [4.69, 9.17) is 9.47 Å². The summed E-state index contributed by atoms with van der Waals surface area (Å²) in [4.78, 5) is 17.2. The van der Waals surface area contributed by atoms with Gasteiger partial charge in [-0.1, -0.05) is 48.5 Å². The summed E-state index contributed by atoms with van der Waals surface area (Å²) in [7, 11) is 1.73. The first-order chi connectivity index (χ1) is 17.2. The minimum Gasteiger partial charge on any atom is -0.495 e. The lowest BCUT2D eigenvalue weighted by atomic mass is 9.85. The molecule has 1 atom stereocenters. The summed E-state index contributed by atoms with van der Waals surface area (Å²) in [6.07, 6.45) is 1.44. The molecule has 182 valence electrons. The van der Waals surface area contributed by atoms with Crippen molar-refractivity contribution in [2.24, 2.45) is 0 Å². The van der Waals surface area contributed by atoms with E-state index in [2.05, 4.69) is 45.4 Å². The maximum Gasteiger partial charge on any atom is 0.225 e. The first-order valence-corrected chi connectivity index (χ1v) is 12.4. The van der Waals surface area contributed by atoms with Crippen LogP contribution in [0.15, 0.2) is 72.8 Å². The van der Waals surface area contributed by atoms with E-state index in [9.17, 15) is 4.79 Å². The van der Waals surface area contributed by atoms with Gasteiger partial charge in [0.15, 0.2) is 0 Å². The average molecular weight is 472 g/mol. The van der Waals surface area contributed by atoms with E-state index in [-0.39, 0.29) is 11.8 Å². The van der Waals surface area contributed by atoms with Gasteiger partial charge in [0.25, 0.3) is 0 Å². The van der Waals surface area contributed by atoms with Crippen molar-refractivity contribution in [1.29, 1.82) is 0 Å². The Bertz CT molecular complexity index is 1140. The molecule has 2 heterocycles. The smallest absolute Gasteiger partial charge is 0.225 e. The molecular weight excluding hydrogens is 438 g/mol. The van der Waals surface area contributed by atoms with Crippen LogP contribution >= 0.6 is 0 Å². The predicted molar refractivity (Wildman–Crippen MR) is 140 cm³/mol. The Balaban J connectivity index is 1.11. The fraction of sp³-hybridized carbons (Fsp3) is 0.345. The Kier molecular flexibility index (Phi) is 7.19. The zero-order chi connectivity index (χ0) is 24.0. The number of fused-ring (bicyclic) bond motifs is 1. The molecule has 0 radical (unpaired) electrons. The Labute approximate surface area is 207 Å². The maximum absolute atomic E-state index is 12.3. The van der Waals surface area contributed by atoms with Gasteiger partial charge in [-0.3, -0.25) is 9.69 Å². The Morgan fingerprint density at radius 1 is 0.943 bits per heavy atom. The highest BCUT2D eigenvalue weighted by Crippen LogP contribution is 2.38. The third kappa shape index (κ3) is 5.43. The first-order valence-electron chi connectivity index (χ1n) is 12.4. The van der Waals surface area contributed by atoms with Crippen LogP contribution in [0.1, 0.15) is 29.9 Å². The lowest BCUT2D eigenvalue weighted by molar-refractivity contribution is -0.116. The summed E-state index contributed by atoms with van der Waals surface area (Å²) in [5, 5.41) is 3.03. The number of hydrogen-bond acceptors (Lipinski definition) is 5. The van der Waals surface area contributed by atoms with Crippen LogP contribution in [0.5, 0.6) is 11.5 Å². The second kappa shape index (κ2) is 10.8. The molecular formula is C29H33N3O3. The zero-order valence-corrected chi connectivity index (χ0v) is 20.3. The second-order valence-corrected chi connectivity index (χ2v) is 9.17. The van der Waals surface area contributed by atoms with E-state index in [1.807, 2.05) is 42.5 Å². The number of benzene rings is 3. The monoisotopic (exact) mass is 471 g/mol. The van der Waals surface area contributed by atoms with E-state index in [0.717, 1.165) is 61.9 Å². The molecule has 0 saturated carbocycles. The molecule has 2 aliphatic heterocycles. The number of para-hydroxylation sites is 2. The van der Waals surface area contributed by atoms with Crippen LogP contribution in [-0.4, -0.2) is 57.2 Å². The van der Waals surface area contributed by atoms with Gasteiger partial charge in [-0.2, -0.15) is 0 Å². The molecule has 6 heteroatoms. The van der Waals surface area contributed by atoms with Crippen LogP contribution < -0.4 is 19.7 Å². The zero-order valence-electron chi connectivity index (χ0n) is 20.3. The van der Waals surface area contributed by atoms with Crippen LogP contribution in [-0.2, 0) is 4.79 Å². The number of nitrogens with one attached hydrogen (secondary N) is 1. The second-order valence-electron chi connectivity index (χ2n) is 9.17. The number of hydrogen-bond donors (Lipinski definition) is 1. The lowest BCUT2D eigenvalue weighted by Crippen LogP contribution is -2.46. The van der Waals surface area contributed by atoms with Gasteiger partial charge in [-0.05, 0) is 35.7 Å². The third-order valence-corrected chi connectivity index (χ3v) is 6.95. The molecule has 1 saturated heterocycles. The Morgan fingerprint density at radius 2 is 1.71 bits per heavy atom. The topological polar surface area (TPSA) is 54.0 Å². The minimum absolute atomic E-state index is 0.0516. The normalized spacial score (nSPS) is 18.0. The molecule has 1 fully saturated rings. The van der Waals surface area contributed by atoms with Gasteiger partial charge in [0, 0.05) is 56.8 Å². The van der Waals surface area contributed by atoms with Gasteiger partial charge in [-0.15, -0.1) is 0 Å². The minimum atomic E-state index is 0.0516. The molecule has 1 amide bonds. The van der Waals surface area contributed by atoms with Crippen molar-refractivity contribution in [3.05, 3.63) is 83.9 Å². The third-order valence-electron chi connectivity index (χ3n) is 6.95. The summed E-state index contributed by atoms with van der Waals surface area (Å²) >= 11 is 0. The molecule has 35 heavy (non-hydrogen) atoms. The van der Waals surface area contributed by atoms with E-state index in [1.165, 1.54) is 11.3 Å². The number of carbonyl (C=O) groups is 1. The lowest BCUT2D eigenvalue weighted by Gasteiger charge is -2.36. The molecule has 1 N–H and O–H groups in total. The number of ether oxygens (including phenoxy) is 2. The number of amides is 1. The van der Waals surface area contributed by atoms with Gasteiger partial charge in [0.05, 0.1) is 19.4 Å². The summed E-state index contributed by atoms with van der Waals surface area (Å²) in [5.74, 6) is 1.88. The van der Waals surface area contributed by atoms with E-state index in [1.54, 1.807) is 7.11 Å². The number of nitrogens with zero attached hydrogens (tertiary/aromatic N) is 2. The summed E-state index contributed by atoms with van der Waals surface area (Å²) in [6, 6.07) is 24.6. The quantitative estimate of drug-likeness (QED) is 0.480. The van der Waals surface area contributed by atoms with E-state index < -0.39 is 0 Å². The van der Waals surface area contributed by atoms with Gasteiger partial charge in [0.1, 0.15) is 11.5 Å². The first kappa shape index (κ1) is 23.2. The van der Waals surface area contributed by atoms with Crippen LogP contribution in [0.2, 0.25) is 0 Å². The van der Waals surface area contributed by atoms with Crippen molar-refractivity contribution < 1.29 is 14.3 Å². The molecule has 2 aliphatic rings. The number of carbonyl (C=O) groups excluding carboxylic acids is 1. The van der Waals surface area contributed by atoms with Crippen LogP contribution in [0.25, 0.3) is 0 Å². The van der Waals surface area contributed by atoms with Gasteiger partial charge in [-0.25, -0.2) is 0 Å². The summed E-state index contributed by atoms with van der Waals surface area (Å²) in [6.45, 7) is 5.72. The van der Waals surface area contributed by atoms with Crippen molar-refractivity contribution >= 4 is 17.3 Å². The fourth-order valence-electron chi connectivity index (χ4n) is 5.10. The molecule has 3 aromatic carbocycles. The summed E-state index contributed by atoms with van der Waals surface area (Å²) in [5.41, 5.74) is 4.35. The molecule has 0 bridgehead atoms. The Morgan fingerprint density at radius 3 is 2.51 bits per heavy atom. The highest BCUT2D eigenvalue weighted by atomic mass is 16.5. The SMILES string of the molecule is COc1ccccc1N1CCN(CCCOc2ccc3c(c2)NC(=O)CC3c2ccccc2)CC1. The summed E-state index contributed by atoms with van der Waals surface area (Å²) < 4.78 is 11.6. The van der Waals surface area contributed by atoms with Crippen molar-refractivity contribution in [3.8, 4) is 11.5 Å². The highest BCUT2D eigenvalue weighted by Gasteiger charge is 2.26. The maximum atomic E-state index is 12.3. The van der Waals surface area contributed by atoms with Crippen molar-refractivity contribution in [2.45, 2.75) is 18.8 Å². The van der Waals surface area contributed by atoms with Crippen LogP contribution in [0, 0.1) is 0 Å². The molecule has 3 aromatic rings. The predicted octanol–water partition coefficient (Wildman–Crippen LogP) is 4.76. The number of anilines is 2. The fourth-order valence-corrected chi connectivity index (χ4v) is 5.10. The molecule has 0 spiro atoms. The molecule has 0 aromatic heterocycles. The molecule has 0 aliphatic carbocycles. The highest BCUT2D eigenvalue weighted by molar-refractivity contribution is 5.95. The van der Waals surface area contributed by atoms with Gasteiger partial charge in [0.2, 0.25) is 5.91 Å².